The fraction of sp³-hybridized carbons (Fsp3) is 0.491. The smallest absolute Gasteiger partial charge is 0.408 e. The van der Waals surface area contributed by atoms with E-state index in [1.807, 2.05) is 66.7 Å². The molecule has 338 valence electrons. The Morgan fingerprint density at radius 2 is 1.35 bits per heavy atom. The molecule has 2 N–H and O–H groups in total. The van der Waals surface area contributed by atoms with E-state index in [-0.39, 0.29) is 44.3 Å². The third-order valence-electron chi connectivity index (χ3n) is 12.3. The number of carbonyl (C=O) groups excluding carboxylic acids is 3. The topological polar surface area (TPSA) is 118 Å². The van der Waals surface area contributed by atoms with Crippen LogP contribution >= 0.6 is 0 Å². The van der Waals surface area contributed by atoms with Gasteiger partial charge in [0.2, 0.25) is 5.91 Å². The third-order valence-corrected chi connectivity index (χ3v) is 12.3. The molecule has 4 atom stereocenters. The highest BCUT2D eigenvalue weighted by atomic mass is 16.7. The average molecular weight is 860 g/mol. The summed E-state index contributed by atoms with van der Waals surface area (Å²) in [6.07, 6.45) is 14.5. The minimum atomic E-state index is -0.969. The molecule has 63 heavy (non-hydrogen) atoms. The SMILES string of the molecule is CCCCCCCCN(CCCCCCCC)C[C@@H]1C[C@H](c2ccc(CO)cc2)O[C@H](c2ccc(-c3cccc(CN4C(=O)CC(NC(=O)OCc5ccccc5)C4=O)c3)cc2)O1. The zero-order valence-corrected chi connectivity index (χ0v) is 37.6. The van der Waals surface area contributed by atoms with E-state index in [1.54, 1.807) is 0 Å². The van der Waals surface area contributed by atoms with Crippen LogP contribution in [0.1, 0.15) is 144 Å². The van der Waals surface area contributed by atoms with Crippen molar-refractivity contribution in [1.82, 2.24) is 15.1 Å². The molecule has 6 rings (SSSR count). The molecule has 1 unspecified atom stereocenters. The number of imide groups is 1. The molecule has 2 fully saturated rings. The largest absolute Gasteiger partial charge is 0.445 e. The van der Waals surface area contributed by atoms with Gasteiger partial charge in [0.1, 0.15) is 12.6 Å². The van der Waals surface area contributed by atoms with E-state index < -0.39 is 24.3 Å². The molecule has 10 nitrogen and oxygen atoms in total. The molecule has 2 aliphatic heterocycles. The number of rotatable bonds is 25. The summed E-state index contributed by atoms with van der Waals surface area (Å²) < 4.78 is 18.9. The van der Waals surface area contributed by atoms with Crippen molar-refractivity contribution in [2.24, 2.45) is 0 Å². The summed E-state index contributed by atoms with van der Waals surface area (Å²) in [5.74, 6) is -0.794. The average Bonchev–Trinajstić information content (AvgIpc) is 3.57. The van der Waals surface area contributed by atoms with Gasteiger partial charge in [-0.1, -0.05) is 175 Å². The Balaban J connectivity index is 1.10. The van der Waals surface area contributed by atoms with Crippen LogP contribution in [0.25, 0.3) is 11.1 Å². The lowest BCUT2D eigenvalue weighted by atomic mass is 9.98. The van der Waals surface area contributed by atoms with Gasteiger partial charge in [-0.3, -0.25) is 14.5 Å². The standard InChI is InChI=1S/C53H69N3O7/c1-3-5-7-9-11-16-31-55(32-17-12-10-8-6-4-2)37-47-34-49(44-25-23-40(38-57)24-26-44)63-52(62-47)45-29-27-43(28-30-45)46-22-18-21-42(33-46)36-56-50(58)35-48(51(56)59)54-53(60)61-39-41-19-14-13-15-20-41/h13-15,18-30,33,47-49,52,57H,3-12,16-17,31-32,34-39H2,1-2H3,(H,54,60)/t47-,48?,49+,52+/m0/s1. The molecule has 3 amide bonds. The molecule has 2 heterocycles. The zero-order chi connectivity index (χ0) is 44.2. The fourth-order valence-electron chi connectivity index (χ4n) is 8.58. The molecular formula is C53H69N3O7. The molecule has 0 aromatic heterocycles. The number of hydrogen-bond donors (Lipinski definition) is 2. The minimum Gasteiger partial charge on any atom is -0.445 e. The highest BCUT2D eigenvalue weighted by Gasteiger charge is 2.40. The Labute approximate surface area is 375 Å². The summed E-state index contributed by atoms with van der Waals surface area (Å²) in [5.41, 5.74) is 6.44. The first-order valence-electron chi connectivity index (χ1n) is 23.6. The van der Waals surface area contributed by atoms with Gasteiger partial charge in [-0.15, -0.1) is 0 Å². The van der Waals surface area contributed by atoms with Crippen molar-refractivity contribution in [1.29, 1.82) is 0 Å². The number of aliphatic hydroxyl groups is 1. The van der Waals surface area contributed by atoms with E-state index in [4.69, 9.17) is 14.2 Å². The van der Waals surface area contributed by atoms with Gasteiger partial charge in [-0.25, -0.2) is 4.79 Å². The summed E-state index contributed by atoms with van der Waals surface area (Å²) >= 11 is 0. The van der Waals surface area contributed by atoms with E-state index >= 15 is 0 Å². The number of ether oxygens (including phenoxy) is 3. The second kappa shape index (κ2) is 25.4. The van der Waals surface area contributed by atoms with E-state index in [0.29, 0.717) is 0 Å². The van der Waals surface area contributed by atoms with Gasteiger partial charge in [0.15, 0.2) is 6.29 Å². The predicted octanol–water partition coefficient (Wildman–Crippen LogP) is 11.0. The number of alkyl carbamates (subject to hydrolysis) is 1. The van der Waals surface area contributed by atoms with E-state index in [0.717, 1.165) is 65.0 Å². The van der Waals surface area contributed by atoms with Crippen LogP contribution in [-0.2, 0) is 43.6 Å². The number of nitrogens with one attached hydrogen (secondary N) is 1. The first-order valence-corrected chi connectivity index (χ1v) is 23.6. The first kappa shape index (κ1) is 47.6. The number of unbranched alkanes of at least 4 members (excludes halogenated alkanes) is 10. The van der Waals surface area contributed by atoms with Gasteiger partial charge in [0, 0.05) is 18.5 Å². The fourth-order valence-corrected chi connectivity index (χ4v) is 8.58. The molecule has 0 bridgehead atoms. The summed E-state index contributed by atoms with van der Waals surface area (Å²) in [4.78, 5) is 42.6. The molecular weight excluding hydrogens is 791 g/mol. The summed E-state index contributed by atoms with van der Waals surface area (Å²) in [6.45, 7) is 7.72. The van der Waals surface area contributed by atoms with Crippen LogP contribution in [-0.4, -0.2) is 64.6 Å². The van der Waals surface area contributed by atoms with Gasteiger partial charge in [-0.05, 0) is 65.4 Å². The second-order valence-corrected chi connectivity index (χ2v) is 17.3. The Kier molecular flexibility index (Phi) is 19.2. The highest BCUT2D eigenvalue weighted by molar-refractivity contribution is 6.06. The quantitative estimate of drug-likeness (QED) is 0.0500. The summed E-state index contributed by atoms with van der Waals surface area (Å²) in [7, 11) is 0. The number of amides is 3. The lowest BCUT2D eigenvalue weighted by Crippen LogP contribution is -2.41. The molecule has 0 saturated carbocycles. The molecule has 2 saturated heterocycles. The molecule has 0 radical (unpaired) electrons. The van der Waals surface area contributed by atoms with Crippen molar-refractivity contribution in [2.45, 2.75) is 148 Å². The van der Waals surface area contributed by atoms with E-state index in [9.17, 15) is 19.5 Å². The normalized spacial score (nSPS) is 18.9. The van der Waals surface area contributed by atoms with Crippen molar-refractivity contribution >= 4 is 17.9 Å². The lowest BCUT2D eigenvalue weighted by molar-refractivity contribution is -0.253. The monoisotopic (exact) mass is 860 g/mol. The number of nitrogens with zero attached hydrogens (tertiary/aromatic N) is 2. The number of hydrogen-bond acceptors (Lipinski definition) is 8. The van der Waals surface area contributed by atoms with Crippen molar-refractivity contribution in [2.75, 3.05) is 19.6 Å². The van der Waals surface area contributed by atoms with E-state index in [2.05, 4.69) is 60.5 Å². The van der Waals surface area contributed by atoms with Crippen molar-refractivity contribution in [3.8, 4) is 11.1 Å². The Hall–Kier alpha value is -4.87. The van der Waals surface area contributed by atoms with Crippen LogP contribution in [0.3, 0.4) is 0 Å². The van der Waals surface area contributed by atoms with Gasteiger partial charge in [0.05, 0.1) is 31.8 Å². The Morgan fingerprint density at radius 1 is 0.714 bits per heavy atom. The van der Waals surface area contributed by atoms with Gasteiger partial charge >= 0.3 is 6.09 Å². The first-order chi connectivity index (χ1) is 30.8. The molecule has 0 aliphatic carbocycles. The van der Waals surface area contributed by atoms with Crippen molar-refractivity contribution < 1.29 is 33.7 Å². The maximum Gasteiger partial charge on any atom is 0.408 e. The molecule has 4 aromatic rings. The number of benzene rings is 4. The third kappa shape index (κ3) is 14.9. The van der Waals surface area contributed by atoms with Gasteiger partial charge < -0.3 is 29.5 Å². The van der Waals surface area contributed by atoms with E-state index in [1.165, 1.54) is 81.9 Å². The molecule has 0 spiro atoms. The number of carbonyl (C=O) groups is 3. The predicted molar refractivity (Wildman–Crippen MR) is 247 cm³/mol. The van der Waals surface area contributed by atoms with Crippen molar-refractivity contribution in [3.63, 3.8) is 0 Å². The lowest BCUT2D eigenvalue weighted by Gasteiger charge is -2.38. The van der Waals surface area contributed by atoms with Crippen LogP contribution in [0.5, 0.6) is 0 Å². The highest BCUT2D eigenvalue weighted by Crippen LogP contribution is 2.39. The summed E-state index contributed by atoms with van der Waals surface area (Å²) in [6, 6.07) is 32.4. The number of likely N-dealkylation sites (tertiary alicyclic amines) is 1. The van der Waals surface area contributed by atoms with Crippen LogP contribution in [0.15, 0.2) is 103 Å². The van der Waals surface area contributed by atoms with Crippen LogP contribution in [0, 0.1) is 0 Å². The zero-order valence-electron chi connectivity index (χ0n) is 37.6. The van der Waals surface area contributed by atoms with Gasteiger partial charge in [-0.2, -0.15) is 0 Å². The minimum absolute atomic E-state index is 0.00162. The summed E-state index contributed by atoms with van der Waals surface area (Å²) in [5, 5.41) is 12.3. The van der Waals surface area contributed by atoms with Crippen LogP contribution in [0.4, 0.5) is 4.79 Å². The van der Waals surface area contributed by atoms with Gasteiger partial charge in [0.25, 0.3) is 5.91 Å². The van der Waals surface area contributed by atoms with Crippen molar-refractivity contribution in [3.05, 3.63) is 131 Å². The van der Waals surface area contributed by atoms with Crippen LogP contribution in [0.2, 0.25) is 0 Å². The maximum atomic E-state index is 13.3. The second-order valence-electron chi connectivity index (χ2n) is 17.3. The maximum absolute atomic E-state index is 13.3. The van der Waals surface area contributed by atoms with Crippen LogP contribution < -0.4 is 5.32 Å². The molecule has 10 heteroatoms. The Bertz CT molecular complexity index is 1970. The number of aliphatic hydroxyl groups excluding tert-OH is 1. The Morgan fingerprint density at radius 3 is 2.02 bits per heavy atom. The molecule has 4 aromatic carbocycles. The molecule has 2 aliphatic rings.